The van der Waals surface area contributed by atoms with Gasteiger partial charge < -0.3 is 0 Å². The first-order chi connectivity index (χ1) is 5.02. The molecule has 0 fully saturated rings. The molecule has 0 aliphatic rings. The van der Waals surface area contributed by atoms with E-state index in [1.54, 1.807) is 11.8 Å². The van der Waals surface area contributed by atoms with Crippen molar-refractivity contribution in [3.05, 3.63) is 12.7 Å². The van der Waals surface area contributed by atoms with Crippen LogP contribution in [0.2, 0.25) is 0 Å². The van der Waals surface area contributed by atoms with Crippen molar-refractivity contribution in [2.75, 3.05) is 0 Å². The van der Waals surface area contributed by atoms with Crippen molar-refractivity contribution in [1.29, 1.82) is 0 Å². The summed E-state index contributed by atoms with van der Waals surface area (Å²) in [7, 11) is 0. The molecule has 0 spiro atoms. The zero-order valence-corrected chi connectivity index (χ0v) is 9.15. The molecule has 0 aromatic heterocycles. The Morgan fingerprint density at radius 3 is 2.55 bits per heavy atom. The Balaban J connectivity index is 3.83. The summed E-state index contributed by atoms with van der Waals surface area (Å²) in [5.74, 6) is 0. The molecule has 0 heterocycles. The summed E-state index contributed by atoms with van der Waals surface area (Å²) in [5, 5.41) is 0. The Labute approximate surface area is 79.5 Å². The molecule has 0 unspecified atom stereocenters. The van der Waals surface area contributed by atoms with Crippen LogP contribution in [0.3, 0.4) is 0 Å². The third kappa shape index (κ3) is 5.45. The van der Waals surface area contributed by atoms with Crippen LogP contribution in [0.15, 0.2) is 12.7 Å². The van der Waals surface area contributed by atoms with Gasteiger partial charge in [0, 0.05) is 8.94 Å². The van der Waals surface area contributed by atoms with E-state index < -0.39 is 0 Å². The molecule has 0 nitrogen and oxygen atoms in total. The lowest BCUT2D eigenvalue weighted by molar-refractivity contribution is 0.906. The SMILES string of the molecule is C=CC(C)(C)SC(=S)CCC. The average Bonchev–Trinajstić information content (AvgIpc) is 1.87. The van der Waals surface area contributed by atoms with Crippen molar-refractivity contribution >= 4 is 28.2 Å². The standard InChI is InChI=1S/C9H16S2/c1-5-7-8(10)11-9(3,4)6-2/h6H,2,5,7H2,1,3-4H3. The second kappa shape index (κ2) is 4.94. The van der Waals surface area contributed by atoms with E-state index in [0.717, 1.165) is 17.0 Å². The lowest BCUT2D eigenvalue weighted by Gasteiger charge is -2.18. The first-order valence-corrected chi connectivity index (χ1v) is 5.09. The molecule has 0 aromatic rings. The fraction of sp³-hybridized carbons (Fsp3) is 0.667. The Morgan fingerprint density at radius 1 is 1.64 bits per heavy atom. The molecular weight excluding hydrogens is 172 g/mol. The number of rotatable bonds is 4. The molecule has 11 heavy (non-hydrogen) atoms. The number of hydrogen-bond donors (Lipinski definition) is 0. The van der Waals surface area contributed by atoms with E-state index in [-0.39, 0.29) is 4.75 Å². The lowest BCUT2D eigenvalue weighted by Crippen LogP contribution is -2.12. The lowest BCUT2D eigenvalue weighted by atomic mass is 10.2. The zero-order chi connectivity index (χ0) is 8.91. The van der Waals surface area contributed by atoms with Crippen LogP contribution in [0.5, 0.6) is 0 Å². The largest absolute Gasteiger partial charge is 0.108 e. The topological polar surface area (TPSA) is 0 Å². The van der Waals surface area contributed by atoms with Crippen molar-refractivity contribution in [2.45, 2.75) is 38.4 Å². The Bertz CT molecular complexity index is 148. The van der Waals surface area contributed by atoms with Crippen molar-refractivity contribution < 1.29 is 0 Å². The van der Waals surface area contributed by atoms with Gasteiger partial charge in [0.05, 0.1) is 0 Å². The maximum absolute atomic E-state index is 5.18. The highest BCUT2D eigenvalue weighted by Gasteiger charge is 2.15. The predicted octanol–water partition coefficient (Wildman–Crippen LogP) is 3.81. The molecule has 0 saturated carbocycles. The van der Waals surface area contributed by atoms with Gasteiger partial charge in [0.1, 0.15) is 0 Å². The molecule has 0 N–H and O–H groups in total. The molecule has 0 aromatic carbocycles. The maximum Gasteiger partial charge on any atom is 0.0486 e. The quantitative estimate of drug-likeness (QED) is 0.486. The number of hydrogen-bond acceptors (Lipinski definition) is 2. The number of thiocarbonyl (C=S) groups is 1. The van der Waals surface area contributed by atoms with Gasteiger partial charge in [-0.2, -0.15) is 0 Å². The minimum atomic E-state index is 0.103. The highest BCUT2D eigenvalue weighted by atomic mass is 32.2. The molecule has 2 heteroatoms. The van der Waals surface area contributed by atoms with Gasteiger partial charge >= 0.3 is 0 Å². The Kier molecular flexibility index (Phi) is 5.02. The van der Waals surface area contributed by atoms with Gasteiger partial charge in [0.2, 0.25) is 0 Å². The van der Waals surface area contributed by atoms with E-state index in [2.05, 4.69) is 27.4 Å². The molecule has 0 aliphatic carbocycles. The summed E-state index contributed by atoms with van der Waals surface area (Å²) in [6.07, 6.45) is 4.12. The zero-order valence-electron chi connectivity index (χ0n) is 7.52. The molecule has 0 atom stereocenters. The molecule has 0 bridgehead atoms. The van der Waals surface area contributed by atoms with E-state index in [0.29, 0.717) is 0 Å². The fourth-order valence-electron chi connectivity index (χ4n) is 0.590. The minimum Gasteiger partial charge on any atom is -0.108 e. The summed E-state index contributed by atoms with van der Waals surface area (Å²) < 4.78 is 1.20. The third-order valence-corrected chi connectivity index (χ3v) is 2.90. The van der Waals surface area contributed by atoms with Gasteiger partial charge in [-0.05, 0) is 20.3 Å². The predicted molar refractivity (Wildman–Crippen MR) is 59.4 cm³/mol. The van der Waals surface area contributed by atoms with Gasteiger partial charge in [-0.3, -0.25) is 0 Å². The molecule has 0 radical (unpaired) electrons. The van der Waals surface area contributed by atoms with Crippen molar-refractivity contribution in [2.24, 2.45) is 0 Å². The second-order valence-corrected chi connectivity index (χ2v) is 5.53. The van der Waals surface area contributed by atoms with Gasteiger partial charge in [-0.15, -0.1) is 18.3 Å². The van der Waals surface area contributed by atoms with Crippen LogP contribution >= 0.6 is 24.0 Å². The van der Waals surface area contributed by atoms with Crippen molar-refractivity contribution in [1.82, 2.24) is 0 Å². The molecule has 64 valence electrons. The van der Waals surface area contributed by atoms with E-state index >= 15 is 0 Å². The van der Waals surface area contributed by atoms with Gasteiger partial charge in [0.25, 0.3) is 0 Å². The molecule has 0 rings (SSSR count). The normalized spacial score (nSPS) is 11.2. The van der Waals surface area contributed by atoms with Gasteiger partial charge in [-0.25, -0.2) is 0 Å². The average molecular weight is 188 g/mol. The van der Waals surface area contributed by atoms with E-state index in [4.69, 9.17) is 12.2 Å². The van der Waals surface area contributed by atoms with Crippen LogP contribution in [0, 0.1) is 0 Å². The van der Waals surface area contributed by atoms with Crippen LogP contribution in [-0.2, 0) is 0 Å². The summed E-state index contributed by atoms with van der Waals surface area (Å²) in [4.78, 5) is 0. The van der Waals surface area contributed by atoms with Crippen molar-refractivity contribution in [3.8, 4) is 0 Å². The van der Waals surface area contributed by atoms with E-state index in [1.165, 1.54) is 0 Å². The molecular formula is C9H16S2. The maximum atomic E-state index is 5.18. The highest BCUT2D eigenvalue weighted by Crippen LogP contribution is 2.28. The van der Waals surface area contributed by atoms with E-state index in [1.807, 2.05) is 6.08 Å². The summed E-state index contributed by atoms with van der Waals surface area (Å²) in [6, 6.07) is 0. The van der Waals surface area contributed by atoms with Crippen LogP contribution < -0.4 is 0 Å². The number of thioether (sulfide) groups is 1. The molecule has 0 amide bonds. The second-order valence-electron chi connectivity index (χ2n) is 3.03. The Hall–Kier alpha value is 0.180. The fourth-order valence-corrected chi connectivity index (χ4v) is 2.41. The first-order valence-electron chi connectivity index (χ1n) is 3.87. The summed E-state index contributed by atoms with van der Waals surface area (Å²) in [5.41, 5.74) is 0. The van der Waals surface area contributed by atoms with Crippen LogP contribution in [0.1, 0.15) is 33.6 Å². The summed E-state index contributed by atoms with van der Waals surface area (Å²) in [6.45, 7) is 10.2. The van der Waals surface area contributed by atoms with E-state index in [9.17, 15) is 0 Å². The molecule has 0 saturated heterocycles. The highest BCUT2D eigenvalue weighted by molar-refractivity contribution is 8.24. The monoisotopic (exact) mass is 188 g/mol. The third-order valence-electron chi connectivity index (χ3n) is 1.32. The van der Waals surface area contributed by atoms with Crippen LogP contribution in [0.4, 0.5) is 0 Å². The summed E-state index contributed by atoms with van der Waals surface area (Å²) >= 11 is 6.92. The Morgan fingerprint density at radius 2 is 2.18 bits per heavy atom. The minimum absolute atomic E-state index is 0.103. The molecule has 0 aliphatic heterocycles. The van der Waals surface area contributed by atoms with Crippen LogP contribution in [-0.4, -0.2) is 8.94 Å². The van der Waals surface area contributed by atoms with Crippen molar-refractivity contribution in [3.63, 3.8) is 0 Å². The van der Waals surface area contributed by atoms with Crippen LogP contribution in [0.25, 0.3) is 0 Å². The first kappa shape index (κ1) is 11.2. The smallest absolute Gasteiger partial charge is 0.0486 e. The van der Waals surface area contributed by atoms with Gasteiger partial charge in [-0.1, -0.05) is 31.6 Å². The van der Waals surface area contributed by atoms with Gasteiger partial charge in [0.15, 0.2) is 0 Å².